The molecule has 0 heterocycles. The van der Waals surface area contributed by atoms with Crippen molar-refractivity contribution in [3.63, 3.8) is 0 Å². The summed E-state index contributed by atoms with van der Waals surface area (Å²) in [6.07, 6.45) is 0. The summed E-state index contributed by atoms with van der Waals surface area (Å²) < 4.78 is 0.636. The van der Waals surface area contributed by atoms with E-state index in [0.717, 1.165) is 5.16 Å². The fourth-order valence-corrected chi connectivity index (χ4v) is 24.4. The predicted octanol–water partition coefficient (Wildman–Crippen LogP) is 4.91. The van der Waals surface area contributed by atoms with Crippen LogP contribution < -0.4 is 0 Å². The summed E-state index contributed by atoms with van der Waals surface area (Å²) in [6, 6.07) is 0. The standard InChI is InChI=1S/C12H30GeSi2/c1-12(2,3)13-10-11(14(4,5)6)15(7,8)9/h11H,10H2,1-9H3. The van der Waals surface area contributed by atoms with Gasteiger partial charge in [0.1, 0.15) is 0 Å². The first-order chi connectivity index (χ1) is 6.34. The molecule has 0 spiro atoms. The van der Waals surface area contributed by atoms with E-state index in [-0.39, 0.29) is 15.4 Å². The molecular formula is C12H30GeSi2. The zero-order valence-electron chi connectivity index (χ0n) is 12.3. The van der Waals surface area contributed by atoms with Crippen molar-refractivity contribution in [1.29, 1.82) is 0 Å². The van der Waals surface area contributed by atoms with Gasteiger partial charge in [-0.25, -0.2) is 0 Å². The Morgan fingerprint density at radius 2 is 1.20 bits per heavy atom. The minimum atomic E-state index is -0.929. The SMILES string of the molecule is C[C](C)(C)[Ge][CH2]C([Si](C)(C)C)[Si](C)(C)C. The first kappa shape index (κ1) is 16.0. The van der Waals surface area contributed by atoms with Crippen LogP contribution in [0.5, 0.6) is 0 Å². The molecule has 0 bridgehead atoms. The summed E-state index contributed by atoms with van der Waals surface area (Å²) in [5, 5.41) is 2.72. The molecule has 3 heteroatoms. The van der Waals surface area contributed by atoms with Crippen LogP contribution in [0.15, 0.2) is 0 Å². The molecule has 0 saturated carbocycles. The molecule has 0 aliphatic carbocycles. The number of hydrogen-bond acceptors (Lipinski definition) is 0. The molecule has 0 N–H and O–H groups in total. The molecule has 0 aromatic carbocycles. The molecule has 0 aliphatic heterocycles. The third-order valence-electron chi connectivity index (χ3n) is 2.93. The van der Waals surface area contributed by atoms with Crippen LogP contribution in [0.4, 0.5) is 0 Å². The molecule has 0 aliphatic rings. The number of rotatable bonds is 4. The van der Waals surface area contributed by atoms with Gasteiger partial charge < -0.3 is 0 Å². The van der Waals surface area contributed by atoms with E-state index in [0.29, 0.717) is 4.25 Å². The first-order valence-corrected chi connectivity index (χ1v) is 15.8. The monoisotopic (exact) mass is 304 g/mol. The minimum absolute atomic E-state index is 0.240. The van der Waals surface area contributed by atoms with Gasteiger partial charge in [-0.1, -0.05) is 0 Å². The molecule has 0 aromatic rings. The second kappa shape index (κ2) is 5.09. The fourth-order valence-electron chi connectivity index (χ4n) is 2.32. The van der Waals surface area contributed by atoms with Crippen molar-refractivity contribution in [3.05, 3.63) is 0 Å². The van der Waals surface area contributed by atoms with Crippen molar-refractivity contribution in [1.82, 2.24) is 0 Å². The van der Waals surface area contributed by atoms with E-state index in [2.05, 4.69) is 60.1 Å². The van der Waals surface area contributed by atoms with E-state index in [1.165, 1.54) is 0 Å². The summed E-state index contributed by atoms with van der Waals surface area (Å²) in [4.78, 5) is 0. The Labute approximate surface area is 106 Å². The van der Waals surface area contributed by atoms with Crippen molar-refractivity contribution in [2.45, 2.75) is 74.7 Å². The summed E-state index contributed by atoms with van der Waals surface area (Å²) in [5.41, 5.74) is 0. The fraction of sp³-hybridized carbons (Fsp3) is 1.00. The molecule has 0 fully saturated rings. The van der Waals surface area contributed by atoms with Crippen LogP contribution in [0.3, 0.4) is 0 Å². The molecule has 15 heavy (non-hydrogen) atoms. The summed E-state index contributed by atoms with van der Waals surface area (Å²) >= 11 is 0.240. The Kier molecular flexibility index (Phi) is 5.42. The van der Waals surface area contributed by atoms with Gasteiger partial charge in [-0.2, -0.15) is 0 Å². The van der Waals surface area contributed by atoms with Crippen LogP contribution in [-0.2, 0) is 0 Å². The van der Waals surface area contributed by atoms with E-state index in [1.54, 1.807) is 5.25 Å². The normalized spacial score (nSPS) is 14.8. The van der Waals surface area contributed by atoms with Gasteiger partial charge in [0, 0.05) is 0 Å². The average molecular weight is 303 g/mol. The third kappa shape index (κ3) is 7.00. The van der Waals surface area contributed by atoms with E-state index in [9.17, 15) is 0 Å². The Balaban J connectivity index is 4.56. The van der Waals surface area contributed by atoms with E-state index in [4.69, 9.17) is 0 Å². The third-order valence-corrected chi connectivity index (χ3v) is 17.9. The van der Waals surface area contributed by atoms with Gasteiger partial charge in [-0.05, 0) is 0 Å². The van der Waals surface area contributed by atoms with Crippen LogP contribution >= 0.6 is 0 Å². The molecule has 0 nitrogen and oxygen atoms in total. The molecule has 0 atom stereocenters. The van der Waals surface area contributed by atoms with E-state index >= 15 is 0 Å². The summed E-state index contributed by atoms with van der Waals surface area (Å²) in [5.74, 6) is 0. The van der Waals surface area contributed by atoms with Gasteiger partial charge in [-0.15, -0.1) is 0 Å². The average Bonchev–Trinajstić information content (AvgIpc) is 1.75. The maximum atomic E-state index is 2.57. The molecule has 0 saturated heterocycles. The predicted molar refractivity (Wildman–Crippen MR) is 80.7 cm³/mol. The van der Waals surface area contributed by atoms with Crippen molar-refractivity contribution >= 4 is 31.6 Å². The summed E-state index contributed by atoms with van der Waals surface area (Å²) in [7, 11) is -1.86. The van der Waals surface area contributed by atoms with Gasteiger partial charge in [0.15, 0.2) is 0 Å². The Hall–Kier alpha value is 0.977. The van der Waals surface area contributed by atoms with Crippen molar-refractivity contribution in [2.75, 3.05) is 0 Å². The van der Waals surface area contributed by atoms with Crippen molar-refractivity contribution < 1.29 is 0 Å². The second-order valence-corrected chi connectivity index (χ2v) is 24.1. The van der Waals surface area contributed by atoms with Gasteiger partial charge in [0.2, 0.25) is 0 Å². The van der Waals surface area contributed by atoms with E-state index < -0.39 is 16.1 Å². The van der Waals surface area contributed by atoms with Gasteiger partial charge in [0.25, 0.3) is 0 Å². The van der Waals surface area contributed by atoms with Gasteiger partial charge in [0.05, 0.1) is 0 Å². The van der Waals surface area contributed by atoms with Crippen molar-refractivity contribution in [3.8, 4) is 0 Å². The molecule has 0 amide bonds. The number of hydrogen-bond donors (Lipinski definition) is 0. The molecule has 0 unspecified atom stereocenters. The quantitative estimate of drug-likeness (QED) is 0.647. The van der Waals surface area contributed by atoms with Crippen LogP contribution in [-0.4, -0.2) is 31.6 Å². The maximum absolute atomic E-state index is 2.57. The zero-order chi connectivity index (χ0) is 12.5. The Morgan fingerprint density at radius 1 is 0.867 bits per heavy atom. The van der Waals surface area contributed by atoms with Gasteiger partial charge in [-0.3, -0.25) is 0 Å². The van der Waals surface area contributed by atoms with Crippen LogP contribution in [0.25, 0.3) is 0 Å². The van der Waals surface area contributed by atoms with Crippen molar-refractivity contribution in [2.24, 2.45) is 0 Å². The molecule has 0 aromatic heterocycles. The zero-order valence-corrected chi connectivity index (χ0v) is 16.4. The van der Waals surface area contributed by atoms with Crippen LogP contribution in [0.2, 0.25) is 53.9 Å². The van der Waals surface area contributed by atoms with Crippen LogP contribution in [0, 0.1) is 0 Å². The summed E-state index contributed by atoms with van der Waals surface area (Å²) in [6.45, 7) is 22.7. The second-order valence-electron chi connectivity index (χ2n) is 7.92. The topological polar surface area (TPSA) is 0 Å². The first-order valence-electron chi connectivity index (χ1n) is 6.09. The molecular weight excluding hydrogens is 273 g/mol. The molecule has 90 valence electrons. The Bertz CT molecular complexity index is 179. The van der Waals surface area contributed by atoms with Crippen LogP contribution in [0.1, 0.15) is 20.8 Å². The van der Waals surface area contributed by atoms with E-state index in [1.807, 2.05) is 0 Å². The van der Waals surface area contributed by atoms with Gasteiger partial charge >= 0.3 is 106 Å². The molecule has 0 rings (SSSR count). The molecule has 2 radical (unpaired) electrons. The Morgan fingerprint density at radius 3 is 1.40 bits per heavy atom.